The summed E-state index contributed by atoms with van der Waals surface area (Å²) in [5, 5.41) is 1.30. The Labute approximate surface area is 184 Å². The van der Waals surface area contributed by atoms with E-state index in [1.165, 1.54) is 18.2 Å². The highest BCUT2D eigenvalue weighted by Crippen LogP contribution is 2.37. The molecule has 11 heteroatoms. The zero-order valence-corrected chi connectivity index (χ0v) is 17.6. The molecule has 3 aromatic carbocycles. The van der Waals surface area contributed by atoms with E-state index in [0.29, 0.717) is 11.1 Å². The minimum Gasteiger partial charge on any atom is -0.313 e. The van der Waals surface area contributed by atoms with E-state index in [-0.39, 0.29) is 21.6 Å². The molecule has 0 spiro atoms. The fourth-order valence-electron chi connectivity index (χ4n) is 4.07. The van der Waals surface area contributed by atoms with Gasteiger partial charge in [-0.25, -0.2) is 0 Å². The van der Waals surface area contributed by atoms with Gasteiger partial charge in [-0.3, -0.25) is 9.59 Å². The number of imide groups is 1. The zero-order valence-electron chi connectivity index (χ0n) is 16.8. The number of rotatable bonds is 3. The monoisotopic (exact) mass is 474 g/mol. The van der Waals surface area contributed by atoms with E-state index >= 15 is 0 Å². The number of benzene rings is 3. The van der Waals surface area contributed by atoms with Crippen LogP contribution in [0.25, 0.3) is 27.4 Å². The average molecular weight is 474 g/mol. The normalized spacial score (nSPS) is 14.5. The third kappa shape index (κ3) is 3.04. The molecule has 2 amide bonds. The van der Waals surface area contributed by atoms with Crippen molar-refractivity contribution in [2.24, 2.45) is 0 Å². The molecule has 0 unspecified atom stereocenters. The summed E-state index contributed by atoms with van der Waals surface area (Å²) in [4.78, 5) is 25.7. The van der Waals surface area contributed by atoms with Crippen LogP contribution in [0.1, 0.15) is 26.4 Å². The van der Waals surface area contributed by atoms with Crippen molar-refractivity contribution in [1.82, 2.24) is 9.63 Å². The zero-order chi connectivity index (χ0) is 23.7. The van der Waals surface area contributed by atoms with Crippen molar-refractivity contribution in [2.75, 3.05) is 0 Å². The first-order valence-electron chi connectivity index (χ1n) is 9.54. The first-order chi connectivity index (χ1) is 15.5. The lowest BCUT2D eigenvalue weighted by Crippen LogP contribution is -2.44. The molecule has 0 bridgehead atoms. The molecule has 0 atom stereocenters. The summed E-state index contributed by atoms with van der Waals surface area (Å²) in [5.74, 6) is -2.62. The van der Waals surface area contributed by atoms with Gasteiger partial charge in [-0.15, -0.1) is 9.35 Å². The van der Waals surface area contributed by atoms with Gasteiger partial charge in [-0.2, -0.15) is 21.6 Å². The maximum absolute atomic E-state index is 12.8. The number of aryl methyl sites for hydroxylation is 1. The van der Waals surface area contributed by atoms with Crippen molar-refractivity contribution in [3.05, 3.63) is 77.5 Å². The fourth-order valence-corrected chi connectivity index (χ4v) is 4.49. The average Bonchev–Trinajstić information content (AvgIpc) is 3.09. The SMILES string of the molecule is Cc1cc2ccccc2n1-c1ccc2c3c(cccc13)C(=O)N(OS(=O)(=O)C(F)(F)F)C2=O. The lowest BCUT2D eigenvalue weighted by Gasteiger charge is -2.26. The summed E-state index contributed by atoms with van der Waals surface area (Å²) in [6.07, 6.45) is 0. The number of halogens is 3. The lowest BCUT2D eigenvalue weighted by molar-refractivity contribution is -0.0761. The van der Waals surface area contributed by atoms with Crippen molar-refractivity contribution < 1.29 is 35.5 Å². The molecule has 1 aliphatic rings. The first kappa shape index (κ1) is 21.2. The number of nitrogens with zero attached hydrogens (tertiary/aromatic N) is 2. The van der Waals surface area contributed by atoms with E-state index in [1.54, 1.807) is 12.1 Å². The second kappa shape index (κ2) is 6.90. The van der Waals surface area contributed by atoms with Crippen LogP contribution < -0.4 is 0 Å². The molecule has 4 aromatic rings. The minimum atomic E-state index is -6.23. The molecule has 1 aromatic heterocycles. The van der Waals surface area contributed by atoms with Gasteiger partial charge in [0.15, 0.2) is 0 Å². The molecule has 0 radical (unpaired) electrons. The lowest BCUT2D eigenvalue weighted by atomic mass is 9.94. The molecule has 5 rings (SSSR count). The molecule has 0 N–H and O–H groups in total. The van der Waals surface area contributed by atoms with Gasteiger partial charge in [0.1, 0.15) is 0 Å². The Morgan fingerprint density at radius 1 is 0.879 bits per heavy atom. The van der Waals surface area contributed by atoms with Gasteiger partial charge in [-0.1, -0.05) is 30.3 Å². The van der Waals surface area contributed by atoms with Gasteiger partial charge >= 0.3 is 15.6 Å². The molecular formula is C22H13F3N2O5S. The van der Waals surface area contributed by atoms with Crippen LogP contribution in [0.4, 0.5) is 13.2 Å². The Morgan fingerprint density at radius 2 is 1.55 bits per heavy atom. The van der Waals surface area contributed by atoms with Gasteiger partial charge in [-0.05, 0) is 37.3 Å². The van der Waals surface area contributed by atoms with Crippen LogP contribution in [-0.4, -0.2) is 35.4 Å². The Hall–Kier alpha value is -3.70. The molecule has 168 valence electrons. The number of hydroxylamine groups is 2. The van der Waals surface area contributed by atoms with E-state index < -0.39 is 27.4 Å². The van der Waals surface area contributed by atoms with Crippen LogP contribution in [0.3, 0.4) is 0 Å². The van der Waals surface area contributed by atoms with Gasteiger partial charge in [0.05, 0.1) is 22.3 Å². The Morgan fingerprint density at radius 3 is 2.24 bits per heavy atom. The van der Waals surface area contributed by atoms with E-state index in [2.05, 4.69) is 4.28 Å². The smallest absolute Gasteiger partial charge is 0.313 e. The summed E-state index contributed by atoms with van der Waals surface area (Å²) >= 11 is 0. The van der Waals surface area contributed by atoms with Crippen molar-refractivity contribution in [1.29, 1.82) is 0 Å². The van der Waals surface area contributed by atoms with Gasteiger partial charge in [0.25, 0.3) is 11.8 Å². The molecule has 0 saturated heterocycles. The number of aromatic nitrogens is 1. The number of hydrogen-bond donors (Lipinski definition) is 0. The molecule has 7 nitrogen and oxygen atoms in total. The summed E-state index contributed by atoms with van der Waals surface area (Å²) < 4.78 is 67.1. The van der Waals surface area contributed by atoms with E-state index in [0.717, 1.165) is 16.6 Å². The molecule has 33 heavy (non-hydrogen) atoms. The molecular weight excluding hydrogens is 461 g/mol. The van der Waals surface area contributed by atoms with Crippen molar-refractivity contribution in [3.8, 4) is 5.69 Å². The standard InChI is InChI=1S/C22H13F3N2O5S/c1-12-11-13-5-2-3-8-17(13)26(12)18-10-9-16-19-14(18)6-4-7-15(19)20(28)27(21(16)29)32-33(30,31)22(23,24)25/h2-11H,1H3. The maximum Gasteiger partial charge on any atom is 0.525 e. The summed E-state index contributed by atoms with van der Waals surface area (Å²) in [7, 11) is -6.23. The third-order valence-corrected chi connectivity index (χ3v) is 6.35. The maximum atomic E-state index is 12.8. The molecule has 2 heterocycles. The fraction of sp³-hybridized carbons (Fsp3) is 0.0909. The predicted molar refractivity (Wildman–Crippen MR) is 112 cm³/mol. The topological polar surface area (TPSA) is 85.7 Å². The van der Waals surface area contributed by atoms with Crippen LogP contribution in [0, 0.1) is 6.92 Å². The number of carbonyl (C=O) groups is 2. The number of fused-ring (bicyclic) bond motifs is 1. The predicted octanol–water partition coefficient (Wildman–Crippen LogP) is 4.47. The highest BCUT2D eigenvalue weighted by atomic mass is 32.2. The Kier molecular flexibility index (Phi) is 4.42. The quantitative estimate of drug-likeness (QED) is 0.323. The highest BCUT2D eigenvalue weighted by molar-refractivity contribution is 7.87. The highest BCUT2D eigenvalue weighted by Gasteiger charge is 2.51. The Bertz CT molecular complexity index is 1580. The molecule has 0 saturated carbocycles. The van der Waals surface area contributed by atoms with Crippen molar-refractivity contribution in [3.63, 3.8) is 0 Å². The second-order valence-corrected chi connectivity index (χ2v) is 8.94. The van der Waals surface area contributed by atoms with Gasteiger partial charge in [0.2, 0.25) is 0 Å². The van der Waals surface area contributed by atoms with E-state index in [9.17, 15) is 31.2 Å². The molecule has 0 aliphatic carbocycles. The van der Waals surface area contributed by atoms with Crippen LogP contribution in [-0.2, 0) is 14.4 Å². The number of amides is 2. The van der Waals surface area contributed by atoms with Crippen LogP contribution in [0.15, 0.2) is 60.7 Å². The van der Waals surface area contributed by atoms with E-state index in [4.69, 9.17) is 0 Å². The third-order valence-electron chi connectivity index (χ3n) is 5.44. The van der Waals surface area contributed by atoms with Crippen LogP contribution in [0.2, 0.25) is 0 Å². The summed E-state index contributed by atoms with van der Waals surface area (Å²) in [5.41, 5.74) is -3.72. The van der Waals surface area contributed by atoms with Crippen LogP contribution >= 0.6 is 0 Å². The second-order valence-electron chi connectivity index (χ2n) is 7.42. The minimum absolute atomic E-state index is 0.157. The number of carbonyl (C=O) groups excluding carboxylic acids is 2. The first-order valence-corrected chi connectivity index (χ1v) is 10.9. The van der Waals surface area contributed by atoms with E-state index in [1.807, 2.05) is 41.8 Å². The summed E-state index contributed by atoms with van der Waals surface area (Å²) in [6.45, 7) is 1.89. The summed E-state index contributed by atoms with van der Waals surface area (Å²) in [6, 6.07) is 17.0. The van der Waals surface area contributed by atoms with Crippen LogP contribution in [0.5, 0.6) is 0 Å². The molecule has 1 aliphatic heterocycles. The largest absolute Gasteiger partial charge is 0.525 e. The number of alkyl halides is 3. The molecule has 0 fully saturated rings. The van der Waals surface area contributed by atoms with Gasteiger partial charge in [0, 0.05) is 21.9 Å². The van der Waals surface area contributed by atoms with Gasteiger partial charge < -0.3 is 4.57 Å². The van der Waals surface area contributed by atoms with Crippen molar-refractivity contribution in [2.45, 2.75) is 12.4 Å². The Balaban J connectivity index is 1.72. The number of para-hydroxylation sites is 1. The number of hydrogen-bond acceptors (Lipinski definition) is 5. The van der Waals surface area contributed by atoms with Crippen molar-refractivity contribution >= 4 is 43.6 Å².